The van der Waals surface area contributed by atoms with Crippen LogP contribution in [0.5, 0.6) is 0 Å². The quantitative estimate of drug-likeness (QED) is 0.850. The van der Waals surface area contributed by atoms with Crippen LogP contribution in [0, 0.1) is 24.7 Å². The van der Waals surface area contributed by atoms with Gasteiger partial charge in [0.05, 0.1) is 23.8 Å². The molecule has 132 valence electrons. The van der Waals surface area contributed by atoms with Crippen molar-refractivity contribution in [1.82, 2.24) is 9.55 Å². The van der Waals surface area contributed by atoms with E-state index in [2.05, 4.69) is 10.3 Å². The Morgan fingerprint density at radius 3 is 2.28 bits per heavy atom. The SMILES string of the molecule is Cc1ncn(C)c1-c1ccc(NC(=O)C(N)C(C2CC2)C2CC2)cc1. The van der Waals surface area contributed by atoms with Crippen LogP contribution in [0.4, 0.5) is 5.69 Å². The number of nitrogens with one attached hydrogen (secondary N) is 1. The molecule has 25 heavy (non-hydrogen) atoms. The number of aromatic nitrogens is 2. The monoisotopic (exact) mass is 338 g/mol. The minimum absolute atomic E-state index is 0.0479. The largest absolute Gasteiger partial charge is 0.334 e. The van der Waals surface area contributed by atoms with Crippen LogP contribution in [0.3, 0.4) is 0 Å². The number of rotatable bonds is 6. The lowest BCUT2D eigenvalue weighted by Gasteiger charge is -2.23. The Balaban J connectivity index is 1.44. The smallest absolute Gasteiger partial charge is 0.241 e. The highest BCUT2D eigenvalue weighted by molar-refractivity contribution is 5.95. The van der Waals surface area contributed by atoms with Crippen LogP contribution in [0.15, 0.2) is 30.6 Å². The summed E-state index contributed by atoms with van der Waals surface area (Å²) in [6.07, 6.45) is 6.76. The first-order valence-electron chi connectivity index (χ1n) is 9.19. The van der Waals surface area contributed by atoms with E-state index in [1.54, 1.807) is 0 Å². The highest BCUT2D eigenvalue weighted by Crippen LogP contribution is 2.50. The summed E-state index contributed by atoms with van der Waals surface area (Å²) in [6.45, 7) is 2.00. The van der Waals surface area contributed by atoms with Gasteiger partial charge in [0.15, 0.2) is 0 Å². The molecule has 3 N–H and O–H groups in total. The fourth-order valence-electron chi connectivity index (χ4n) is 4.01. The molecule has 5 nitrogen and oxygen atoms in total. The summed E-state index contributed by atoms with van der Waals surface area (Å²) >= 11 is 0. The normalized spacial score (nSPS) is 18.4. The molecular formula is C20H26N4O. The van der Waals surface area contributed by atoms with Crippen LogP contribution < -0.4 is 11.1 Å². The van der Waals surface area contributed by atoms with E-state index in [4.69, 9.17) is 5.73 Å². The standard InChI is InChI=1S/C20H26N4O/c1-12-19(24(2)11-22-12)15-7-9-16(10-8-15)23-20(25)18(21)17(13-3-4-13)14-5-6-14/h7-11,13-14,17-18H,3-6,21H2,1-2H3,(H,23,25). The first-order chi connectivity index (χ1) is 12.0. The summed E-state index contributed by atoms with van der Waals surface area (Å²) in [5, 5.41) is 3.00. The number of hydrogen-bond acceptors (Lipinski definition) is 3. The number of anilines is 1. The molecule has 1 aromatic heterocycles. The predicted octanol–water partition coefficient (Wildman–Crippen LogP) is 3.10. The van der Waals surface area contributed by atoms with Crippen molar-refractivity contribution in [3.05, 3.63) is 36.3 Å². The molecule has 5 heteroatoms. The lowest BCUT2D eigenvalue weighted by molar-refractivity contribution is -0.118. The Bertz CT molecular complexity index is 740. The summed E-state index contributed by atoms with van der Waals surface area (Å²) in [5.41, 5.74) is 10.3. The van der Waals surface area contributed by atoms with Crippen LogP contribution in [0.25, 0.3) is 11.3 Å². The molecule has 1 atom stereocenters. The van der Waals surface area contributed by atoms with Crippen molar-refractivity contribution in [3.63, 3.8) is 0 Å². The van der Waals surface area contributed by atoms with Gasteiger partial charge >= 0.3 is 0 Å². The van der Waals surface area contributed by atoms with E-state index in [1.165, 1.54) is 25.7 Å². The van der Waals surface area contributed by atoms with Gasteiger partial charge in [0.2, 0.25) is 5.91 Å². The molecule has 2 aliphatic rings. The molecular weight excluding hydrogens is 312 g/mol. The molecule has 1 amide bonds. The highest BCUT2D eigenvalue weighted by atomic mass is 16.2. The third-order valence-corrected chi connectivity index (χ3v) is 5.60. The molecule has 4 rings (SSSR count). The number of carbonyl (C=O) groups is 1. The molecule has 1 unspecified atom stereocenters. The molecule has 0 saturated heterocycles. The molecule has 1 heterocycles. The Kier molecular flexibility index (Phi) is 4.12. The number of hydrogen-bond donors (Lipinski definition) is 2. The van der Waals surface area contributed by atoms with Crippen molar-refractivity contribution in [2.24, 2.45) is 30.5 Å². The van der Waals surface area contributed by atoms with Crippen LogP contribution in [-0.4, -0.2) is 21.5 Å². The second-order valence-electron chi connectivity index (χ2n) is 7.63. The van der Waals surface area contributed by atoms with Crippen molar-refractivity contribution in [2.45, 2.75) is 38.6 Å². The zero-order chi connectivity index (χ0) is 17.6. The van der Waals surface area contributed by atoms with Crippen molar-refractivity contribution in [2.75, 3.05) is 5.32 Å². The number of nitrogens with zero attached hydrogens (tertiary/aromatic N) is 2. The van der Waals surface area contributed by atoms with E-state index >= 15 is 0 Å². The van der Waals surface area contributed by atoms with E-state index in [9.17, 15) is 4.79 Å². The molecule has 0 spiro atoms. The van der Waals surface area contributed by atoms with Crippen molar-refractivity contribution in [1.29, 1.82) is 0 Å². The first kappa shape index (κ1) is 16.3. The van der Waals surface area contributed by atoms with Crippen LogP contribution in [-0.2, 0) is 11.8 Å². The van der Waals surface area contributed by atoms with Crippen molar-refractivity contribution in [3.8, 4) is 11.3 Å². The Labute approximate surface area is 148 Å². The molecule has 0 radical (unpaired) electrons. The van der Waals surface area contributed by atoms with Crippen molar-refractivity contribution >= 4 is 11.6 Å². The van der Waals surface area contributed by atoms with E-state index in [-0.39, 0.29) is 11.9 Å². The van der Waals surface area contributed by atoms with Gasteiger partial charge < -0.3 is 15.6 Å². The number of benzene rings is 1. The molecule has 2 aliphatic carbocycles. The number of imidazole rings is 1. The maximum atomic E-state index is 12.6. The second-order valence-corrected chi connectivity index (χ2v) is 7.63. The van der Waals surface area contributed by atoms with Crippen LogP contribution in [0.2, 0.25) is 0 Å². The van der Waals surface area contributed by atoms with Crippen LogP contribution >= 0.6 is 0 Å². The van der Waals surface area contributed by atoms with Gasteiger partial charge in [0.25, 0.3) is 0 Å². The Morgan fingerprint density at radius 1 is 1.20 bits per heavy atom. The third kappa shape index (κ3) is 3.33. The van der Waals surface area contributed by atoms with Gasteiger partial charge in [-0.2, -0.15) is 0 Å². The average molecular weight is 338 g/mol. The molecule has 0 aliphatic heterocycles. The summed E-state index contributed by atoms with van der Waals surface area (Å²) in [5.74, 6) is 1.66. The van der Waals surface area contributed by atoms with Crippen molar-refractivity contribution < 1.29 is 4.79 Å². The van der Waals surface area contributed by atoms with E-state index < -0.39 is 0 Å². The van der Waals surface area contributed by atoms with Gasteiger partial charge in [0.1, 0.15) is 0 Å². The number of aryl methyl sites for hydroxylation is 2. The fourth-order valence-corrected chi connectivity index (χ4v) is 4.01. The Hall–Kier alpha value is -2.14. The number of carbonyl (C=O) groups excluding carboxylic acids is 1. The minimum Gasteiger partial charge on any atom is -0.334 e. The zero-order valence-electron chi connectivity index (χ0n) is 14.9. The molecule has 2 fully saturated rings. The van der Waals surface area contributed by atoms with Gasteiger partial charge in [-0.3, -0.25) is 4.79 Å². The van der Waals surface area contributed by atoms with Gasteiger partial charge in [-0.15, -0.1) is 0 Å². The second kappa shape index (κ2) is 6.30. The summed E-state index contributed by atoms with van der Waals surface area (Å²) in [4.78, 5) is 16.9. The lowest BCUT2D eigenvalue weighted by Crippen LogP contribution is -2.43. The number of nitrogens with two attached hydrogens (primary N) is 1. The average Bonchev–Trinajstić information content (AvgIpc) is 3.51. The molecule has 1 aromatic carbocycles. The predicted molar refractivity (Wildman–Crippen MR) is 98.9 cm³/mol. The van der Waals surface area contributed by atoms with Crippen LogP contribution in [0.1, 0.15) is 31.4 Å². The zero-order valence-corrected chi connectivity index (χ0v) is 14.9. The maximum Gasteiger partial charge on any atom is 0.241 e. The molecule has 2 saturated carbocycles. The first-order valence-corrected chi connectivity index (χ1v) is 9.19. The van der Waals surface area contributed by atoms with Gasteiger partial charge in [0, 0.05) is 18.3 Å². The molecule has 2 aromatic rings. The van der Waals surface area contributed by atoms with E-state index in [1.807, 2.05) is 49.1 Å². The summed E-state index contributed by atoms with van der Waals surface area (Å²) in [6, 6.07) is 7.53. The van der Waals surface area contributed by atoms with E-state index in [0.717, 1.165) is 22.6 Å². The maximum absolute atomic E-state index is 12.6. The fraction of sp³-hybridized carbons (Fsp3) is 0.500. The topological polar surface area (TPSA) is 72.9 Å². The number of amides is 1. The summed E-state index contributed by atoms with van der Waals surface area (Å²) in [7, 11) is 1.99. The van der Waals surface area contributed by atoms with E-state index in [0.29, 0.717) is 17.8 Å². The lowest BCUT2D eigenvalue weighted by atomic mass is 9.89. The van der Waals surface area contributed by atoms with Gasteiger partial charge in [-0.05, 0) is 62.5 Å². The Morgan fingerprint density at radius 2 is 1.80 bits per heavy atom. The summed E-state index contributed by atoms with van der Waals surface area (Å²) < 4.78 is 2.01. The van der Waals surface area contributed by atoms with Gasteiger partial charge in [-0.25, -0.2) is 4.98 Å². The molecule has 0 bridgehead atoms. The third-order valence-electron chi connectivity index (χ3n) is 5.60. The minimum atomic E-state index is -0.390. The highest BCUT2D eigenvalue weighted by Gasteiger charge is 2.46. The van der Waals surface area contributed by atoms with Gasteiger partial charge in [-0.1, -0.05) is 12.1 Å².